The van der Waals surface area contributed by atoms with Crippen LogP contribution in [0.1, 0.15) is 0 Å². The van der Waals surface area contributed by atoms with E-state index in [1.807, 2.05) is 0 Å². The SMILES string of the molecule is NC(=O)C1NCCN(C(N)=O)C1O. The van der Waals surface area contributed by atoms with E-state index >= 15 is 0 Å². The lowest BCUT2D eigenvalue weighted by molar-refractivity contribution is -0.127. The van der Waals surface area contributed by atoms with Gasteiger partial charge >= 0.3 is 6.03 Å². The number of aliphatic hydroxyl groups is 1. The van der Waals surface area contributed by atoms with E-state index in [4.69, 9.17) is 11.5 Å². The lowest BCUT2D eigenvalue weighted by Crippen LogP contribution is -2.64. The number of primary amides is 2. The van der Waals surface area contributed by atoms with E-state index in [1.54, 1.807) is 0 Å². The highest BCUT2D eigenvalue weighted by molar-refractivity contribution is 5.82. The Morgan fingerprint density at radius 2 is 2.08 bits per heavy atom. The van der Waals surface area contributed by atoms with E-state index in [0.29, 0.717) is 6.54 Å². The summed E-state index contributed by atoms with van der Waals surface area (Å²) in [5.41, 5.74) is 9.95. The fourth-order valence-electron chi connectivity index (χ4n) is 1.25. The van der Waals surface area contributed by atoms with Crippen molar-refractivity contribution in [1.29, 1.82) is 0 Å². The molecule has 0 spiro atoms. The third kappa shape index (κ3) is 1.87. The molecule has 7 heteroatoms. The molecule has 1 saturated heterocycles. The van der Waals surface area contributed by atoms with Crippen LogP contribution in [-0.2, 0) is 4.79 Å². The standard InChI is InChI=1S/C6H12N4O3/c7-4(11)3-5(12)10(6(8)13)2-1-9-3/h3,5,9,12H,1-2H2,(H2,7,11)(H2,8,13). The Balaban J connectivity index is 2.71. The van der Waals surface area contributed by atoms with E-state index in [2.05, 4.69) is 5.32 Å². The quantitative estimate of drug-likeness (QED) is 0.353. The number of nitrogens with zero attached hydrogens (tertiary/aromatic N) is 1. The van der Waals surface area contributed by atoms with Gasteiger partial charge in [0, 0.05) is 13.1 Å². The van der Waals surface area contributed by atoms with Crippen LogP contribution in [0.25, 0.3) is 0 Å². The summed E-state index contributed by atoms with van der Waals surface area (Å²) in [6, 6.07) is -1.71. The van der Waals surface area contributed by atoms with E-state index < -0.39 is 24.2 Å². The Kier molecular flexibility index (Phi) is 2.69. The minimum atomic E-state index is -1.27. The number of amides is 3. The van der Waals surface area contributed by atoms with Crippen LogP contribution in [0.2, 0.25) is 0 Å². The van der Waals surface area contributed by atoms with Gasteiger partial charge in [0.15, 0.2) is 6.23 Å². The Labute approximate surface area is 74.7 Å². The van der Waals surface area contributed by atoms with Crippen LogP contribution in [-0.4, -0.2) is 47.3 Å². The zero-order valence-electron chi connectivity index (χ0n) is 6.93. The summed E-state index contributed by atoms with van der Waals surface area (Å²) in [5.74, 6) is -0.710. The molecule has 13 heavy (non-hydrogen) atoms. The third-order valence-electron chi connectivity index (χ3n) is 1.92. The van der Waals surface area contributed by atoms with Crippen molar-refractivity contribution < 1.29 is 14.7 Å². The first-order valence-corrected chi connectivity index (χ1v) is 3.81. The highest BCUT2D eigenvalue weighted by Crippen LogP contribution is 2.05. The molecule has 0 radical (unpaired) electrons. The van der Waals surface area contributed by atoms with Crippen molar-refractivity contribution in [3.8, 4) is 0 Å². The third-order valence-corrected chi connectivity index (χ3v) is 1.92. The van der Waals surface area contributed by atoms with Crippen molar-refractivity contribution in [2.24, 2.45) is 11.5 Å². The van der Waals surface area contributed by atoms with Gasteiger partial charge in [-0.3, -0.25) is 9.69 Å². The summed E-state index contributed by atoms with van der Waals surface area (Å²) in [7, 11) is 0. The van der Waals surface area contributed by atoms with E-state index in [0.717, 1.165) is 4.90 Å². The van der Waals surface area contributed by atoms with Gasteiger partial charge in [-0.05, 0) is 0 Å². The maximum atomic E-state index is 10.8. The van der Waals surface area contributed by atoms with Gasteiger partial charge in [0.1, 0.15) is 6.04 Å². The summed E-state index contributed by atoms with van der Waals surface area (Å²) in [6.45, 7) is 0.647. The topological polar surface area (TPSA) is 122 Å². The second-order valence-electron chi connectivity index (χ2n) is 2.78. The van der Waals surface area contributed by atoms with E-state index in [9.17, 15) is 14.7 Å². The zero-order chi connectivity index (χ0) is 10.0. The van der Waals surface area contributed by atoms with Gasteiger partial charge in [-0.2, -0.15) is 0 Å². The number of nitrogens with one attached hydrogen (secondary N) is 1. The van der Waals surface area contributed by atoms with Gasteiger partial charge in [0.25, 0.3) is 0 Å². The van der Waals surface area contributed by atoms with Gasteiger partial charge < -0.3 is 21.9 Å². The Morgan fingerprint density at radius 1 is 1.46 bits per heavy atom. The van der Waals surface area contributed by atoms with Gasteiger partial charge in [0.05, 0.1) is 0 Å². The van der Waals surface area contributed by atoms with E-state index in [1.165, 1.54) is 0 Å². The minimum absolute atomic E-state index is 0.264. The van der Waals surface area contributed by atoms with Crippen LogP contribution in [0.4, 0.5) is 4.79 Å². The molecule has 6 N–H and O–H groups in total. The van der Waals surface area contributed by atoms with E-state index in [-0.39, 0.29) is 6.54 Å². The highest BCUT2D eigenvalue weighted by atomic mass is 16.3. The number of urea groups is 1. The molecular weight excluding hydrogens is 176 g/mol. The Hall–Kier alpha value is -1.34. The predicted molar refractivity (Wildman–Crippen MR) is 43.3 cm³/mol. The van der Waals surface area contributed by atoms with Crippen LogP contribution in [0.15, 0.2) is 0 Å². The molecular formula is C6H12N4O3. The Bertz CT molecular complexity index is 210. The molecule has 74 valence electrons. The number of nitrogens with two attached hydrogens (primary N) is 2. The van der Waals surface area contributed by atoms with Crippen molar-refractivity contribution in [2.75, 3.05) is 13.1 Å². The number of carbonyl (C=O) groups is 2. The molecule has 1 rings (SSSR count). The molecule has 1 fully saturated rings. The van der Waals surface area contributed by atoms with Gasteiger partial charge in [-0.25, -0.2) is 4.79 Å². The molecule has 1 heterocycles. The molecule has 2 unspecified atom stereocenters. The molecule has 1 aliphatic rings. The van der Waals surface area contributed by atoms with Gasteiger partial charge in [0.2, 0.25) is 5.91 Å². The summed E-state index contributed by atoms with van der Waals surface area (Å²) in [5, 5.41) is 12.1. The fourth-order valence-corrected chi connectivity index (χ4v) is 1.25. The number of piperazine rings is 1. The molecule has 0 aromatic rings. The van der Waals surface area contributed by atoms with Crippen LogP contribution in [0.5, 0.6) is 0 Å². The normalized spacial score (nSPS) is 28.5. The first kappa shape index (κ1) is 9.75. The molecule has 0 aromatic heterocycles. The van der Waals surface area contributed by atoms with Crippen LogP contribution in [0.3, 0.4) is 0 Å². The minimum Gasteiger partial charge on any atom is -0.371 e. The number of aliphatic hydroxyl groups excluding tert-OH is 1. The maximum absolute atomic E-state index is 10.8. The summed E-state index contributed by atoms with van der Waals surface area (Å²) >= 11 is 0. The van der Waals surface area contributed by atoms with Crippen molar-refractivity contribution in [3.63, 3.8) is 0 Å². The molecule has 0 aromatic carbocycles. The highest BCUT2D eigenvalue weighted by Gasteiger charge is 2.34. The summed E-state index contributed by atoms with van der Waals surface area (Å²) in [4.78, 5) is 22.5. The number of hydrogen-bond acceptors (Lipinski definition) is 4. The van der Waals surface area contributed by atoms with Crippen molar-refractivity contribution >= 4 is 11.9 Å². The van der Waals surface area contributed by atoms with Crippen molar-refractivity contribution in [3.05, 3.63) is 0 Å². The number of hydrogen-bond donors (Lipinski definition) is 4. The van der Waals surface area contributed by atoms with Gasteiger partial charge in [-0.15, -0.1) is 0 Å². The molecule has 7 nitrogen and oxygen atoms in total. The lowest BCUT2D eigenvalue weighted by atomic mass is 10.2. The second kappa shape index (κ2) is 3.58. The smallest absolute Gasteiger partial charge is 0.316 e. The fraction of sp³-hybridized carbons (Fsp3) is 0.667. The molecule has 0 bridgehead atoms. The number of carbonyl (C=O) groups excluding carboxylic acids is 2. The van der Waals surface area contributed by atoms with Crippen LogP contribution in [0, 0.1) is 0 Å². The lowest BCUT2D eigenvalue weighted by Gasteiger charge is -2.35. The molecule has 2 atom stereocenters. The molecule has 0 aliphatic carbocycles. The maximum Gasteiger partial charge on any atom is 0.316 e. The van der Waals surface area contributed by atoms with Crippen molar-refractivity contribution in [1.82, 2.24) is 10.2 Å². The van der Waals surface area contributed by atoms with Crippen LogP contribution < -0.4 is 16.8 Å². The zero-order valence-corrected chi connectivity index (χ0v) is 6.93. The molecule has 1 aliphatic heterocycles. The first-order chi connectivity index (χ1) is 6.04. The number of rotatable bonds is 1. The average Bonchev–Trinajstić information content (AvgIpc) is 2.03. The van der Waals surface area contributed by atoms with Gasteiger partial charge in [-0.1, -0.05) is 0 Å². The molecule has 3 amide bonds. The first-order valence-electron chi connectivity index (χ1n) is 3.81. The largest absolute Gasteiger partial charge is 0.371 e. The summed E-state index contributed by atoms with van der Waals surface area (Å²) in [6.07, 6.45) is -1.27. The summed E-state index contributed by atoms with van der Waals surface area (Å²) < 4.78 is 0. The predicted octanol–water partition coefficient (Wildman–Crippen LogP) is -2.86. The second-order valence-corrected chi connectivity index (χ2v) is 2.78. The monoisotopic (exact) mass is 188 g/mol. The Morgan fingerprint density at radius 3 is 2.54 bits per heavy atom. The van der Waals surface area contributed by atoms with Crippen LogP contribution >= 0.6 is 0 Å². The molecule has 0 saturated carbocycles. The average molecular weight is 188 g/mol. The van der Waals surface area contributed by atoms with Crippen molar-refractivity contribution in [2.45, 2.75) is 12.3 Å².